The summed E-state index contributed by atoms with van der Waals surface area (Å²) in [5.41, 5.74) is 6.01. The monoisotopic (exact) mass is 226 g/mol. The number of nitrogens with two attached hydrogens (primary N) is 1. The summed E-state index contributed by atoms with van der Waals surface area (Å²) in [7, 11) is 0. The third-order valence-corrected chi connectivity index (χ3v) is 2.56. The summed E-state index contributed by atoms with van der Waals surface area (Å²) in [4.78, 5) is 3.84. The van der Waals surface area contributed by atoms with E-state index in [-0.39, 0.29) is 11.7 Å². The number of hydrogen-bond donors (Lipinski definition) is 1. The second kappa shape index (κ2) is 4.60. The summed E-state index contributed by atoms with van der Waals surface area (Å²) in [6.07, 6.45) is 2.16. The zero-order chi connectivity index (χ0) is 12.3. The molecular weight excluding hydrogens is 210 g/mol. The Labute approximate surface area is 94.2 Å². The number of halogens is 2. The Kier molecular flexibility index (Phi) is 3.62. The minimum absolute atomic E-state index is 0.155. The fourth-order valence-electron chi connectivity index (χ4n) is 1.83. The molecule has 0 bridgehead atoms. The Hall–Kier alpha value is -1.45. The van der Waals surface area contributed by atoms with E-state index in [9.17, 15) is 8.78 Å². The summed E-state index contributed by atoms with van der Waals surface area (Å²) in [5, 5.41) is 0. The van der Waals surface area contributed by atoms with Crippen LogP contribution in [0.15, 0.2) is 31.0 Å². The van der Waals surface area contributed by atoms with Gasteiger partial charge in [-0.2, -0.15) is 0 Å². The van der Waals surface area contributed by atoms with Crippen LogP contribution in [0.25, 0.3) is 0 Å². The number of rotatable bonds is 4. The average molecular weight is 226 g/mol. The van der Waals surface area contributed by atoms with Crippen molar-refractivity contribution in [1.82, 2.24) is 4.98 Å². The predicted molar refractivity (Wildman–Crippen MR) is 61.4 cm³/mol. The van der Waals surface area contributed by atoms with Gasteiger partial charge in [-0.25, -0.2) is 13.8 Å². The van der Waals surface area contributed by atoms with Gasteiger partial charge >= 0.3 is 0 Å². The lowest BCUT2D eigenvalue weighted by Crippen LogP contribution is -2.28. The van der Waals surface area contributed by atoms with Crippen LogP contribution in [-0.4, -0.2) is 10.9 Å². The van der Waals surface area contributed by atoms with Gasteiger partial charge in [-0.1, -0.05) is 26.5 Å². The van der Waals surface area contributed by atoms with Gasteiger partial charge in [0.05, 0.1) is 5.92 Å². The molecule has 0 aliphatic heterocycles. The second-order valence-corrected chi connectivity index (χ2v) is 4.08. The number of nitrogens with zero attached hydrogens (tertiary/aromatic N) is 1. The minimum atomic E-state index is -2.98. The highest BCUT2D eigenvalue weighted by molar-refractivity contribution is 5.43. The number of hydrogen-bond acceptors (Lipinski definition) is 2. The standard InChI is InChI=1S/C12H16F2N2/c1-4-12(13,14)10(8(2)3)9-6-5-7-16-11(9)15/h4-8,10H,1H2,2-3H3,(H2,15,16). The average Bonchev–Trinajstić information content (AvgIpc) is 2.20. The Balaban J connectivity index is 3.24. The zero-order valence-corrected chi connectivity index (χ0v) is 9.45. The van der Waals surface area contributed by atoms with E-state index in [1.807, 2.05) is 0 Å². The predicted octanol–water partition coefficient (Wildman–Crippen LogP) is 3.22. The van der Waals surface area contributed by atoms with E-state index in [0.29, 0.717) is 11.6 Å². The van der Waals surface area contributed by atoms with E-state index < -0.39 is 11.8 Å². The first kappa shape index (κ1) is 12.6. The van der Waals surface area contributed by atoms with Crippen LogP contribution in [0, 0.1) is 5.92 Å². The summed E-state index contributed by atoms with van der Waals surface area (Å²) in [6, 6.07) is 3.20. The SMILES string of the molecule is C=CC(F)(F)C(c1cccnc1N)C(C)C. The van der Waals surface area contributed by atoms with Gasteiger partial charge in [0.1, 0.15) is 5.82 Å². The van der Waals surface area contributed by atoms with Gasteiger partial charge in [-0.05, 0) is 18.1 Å². The molecule has 1 aromatic heterocycles. The Morgan fingerprint density at radius 3 is 2.56 bits per heavy atom. The number of anilines is 1. The van der Waals surface area contributed by atoms with Crippen molar-refractivity contribution in [1.29, 1.82) is 0 Å². The molecule has 0 saturated heterocycles. The van der Waals surface area contributed by atoms with E-state index in [0.717, 1.165) is 0 Å². The number of pyridine rings is 1. The fourth-order valence-corrected chi connectivity index (χ4v) is 1.83. The third-order valence-electron chi connectivity index (χ3n) is 2.56. The number of nitrogen functional groups attached to an aromatic ring is 1. The lowest BCUT2D eigenvalue weighted by Gasteiger charge is -2.28. The van der Waals surface area contributed by atoms with Gasteiger partial charge in [-0.15, -0.1) is 0 Å². The molecule has 0 fully saturated rings. The zero-order valence-electron chi connectivity index (χ0n) is 9.45. The summed E-state index contributed by atoms with van der Waals surface area (Å²) in [6.45, 7) is 6.64. The lowest BCUT2D eigenvalue weighted by atomic mass is 9.83. The van der Waals surface area contributed by atoms with Gasteiger partial charge in [-0.3, -0.25) is 0 Å². The smallest absolute Gasteiger partial charge is 0.273 e. The molecule has 1 rings (SSSR count). The lowest BCUT2D eigenvalue weighted by molar-refractivity contribution is 0.00819. The molecule has 2 N–H and O–H groups in total. The minimum Gasteiger partial charge on any atom is -0.383 e. The molecule has 0 spiro atoms. The molecule has 1 aromatic rings. The quantitative estimate of drug-likeness (QED) is 0.800. The first-order chi connectivity index (χ1) is 7.40. The van der Waals surface area contributed by atoms with Crippen molar-refractivity contribution < 1.29 is 8.78 Å². The van der Waals surface area contributed by atoms with E-state index in [1.165, 1.54) is 6.20 Å². The molecule has 1 heterocycles. The molecule has 0 radical (unpaired) electrons. The molecular formula is C12H16F2N2. The van der Waals surface area contributed by atoms with E-state index in [4.69, 9.17) is 5.73 Å². The molecule has 1 atom stereocenters. The van der Waals surface area contributed by atoms with Gasteiger partial charge in [0.2, 0.25) is 0 Å². The fraction of sp³-hybridized carbons (Fsp3) is 0.417. The molecule has 0 aliphatic carbocycles. The molecule has 0 aliphatic rings. The van der Waals surface area contributed by atoms with Crippen LogP contribution >= 0.6 is 0 Å². The highest BCUT2D eigenvalue weighted by Crippen LogP contribution is 2.41. The Morgan fingerprint density at radius 1 is 1.50 bits per heavy atom. The second-order valence-electron chi connectivity index (χ2n) is 4.08. The molecule has 16 heavy (non-hydrogen) atoms. The molecule has 2 nitrogen and oxygen atoms in total. The number of aromatic nitrogens is 1. The van der Waals surface area contributed by atoms with Crippen molar-refractivity contribution in [2.24, 2.45) is 5.92 Å². The van der Waals surface area contributed by atoms with Crippen LogP contribution in [-0.2, 0) is 0 Å². The van der Waals surface area contributed by atoms with E-state index in [1.54, 1.807) is 26.0 Å². The van der Waals surface area contributed by atoms with Crippen LogP contribution < -0.4 is 5.73 Å². The van der Waals surface area contributed by atoms with Crippen molar-refractivity contribution in [3.8, 4) is 0 Å². The maximum atomic E-state index is 13.7. The van der Waals surface area contributed by atoms with Crippen molar-refractivity contribution in [2.75, 3.05) is 5.73 Å². The Morgan fingerprint density at radius 2 is 2.12 bits per heavy atom. The van der Waals surface area contributed by atoms with Crippen LogP contribution in [0.3, 0.4) is 0 Å². The van der Waals surface area contributed by atoms with E-state index in [2.05, 4.69) is 11.6 Å². The first-order valence-corrected chi connectivity index (χ1v) is 5.12. The topological polar surface area (TPSA) is 38.9 Å². The number of alkyl halides is 2. The molecule has 88 valence electrons. The summed E-state index contributed by atoms with van der Waals surface area (Å²) < 4.78 is 27.5. The van der Waals surface area contributed by atoms with Gasteiger partial charge < -0.3 is 5.73 Å². The van der Waals surface area contributed by atoms with Crippen LogP contribution in [0.5, 0.6) is 0 Å². The molecule has 0 saturated carbocycles. The number of allylic oxidation sites excluding steroid dienone is 1. The van der Waals surface area contributed by atoms with E-state index >= 15 is 0 Å². The van der Waals surface area contributed by atoms with Crippen LogP contribution in [0.1, 0.15) is 25.3 Å². The summed E-state index contributed by atoms with van der Waals surface area (Å²) in [5.74, 6) is -4.06. The Bertz CT molecular complexity index is 375. The summed E-state index contributed by atoms with van der Waals surface area (Å²) >= 11 is 0. The molecule has 4 heteroatoms. The highest BCUT2D eigenvalue weighted by Gasteiger charge is 2.40. The van der Waals surface area contributed by atoms with Gasteiger partial charge in [0.15, 0.2) is 0 Å². The normalized spacial score (nSPS) is 13.8. The maximum Gasteiger partial charge on any atom is 0.273 e. The van der Waals surface area contributed by atoms with Crippen LogP contribution in [0.2, 0.25) is 0 Å². The van der Waals surface area contributed by atoms with Gasteiger partial charge in [0.25, 0.3) is 5.92 Å². The first-order valence-electron chi connectivity index (χ1n) is 5.12. The van der Waals surface area contributed by atoms with Gasteiger partial charge in [0, 0.05) is 11.8 Å². The largest absolute Gasteiger partial charge is 0.383 e. The van der Waals surface area contributed by atoms with Crippen molar-refractivity contribution in [3.63, 3.8) is 0 Å². The van der Waals surface area contributed by atoms with Crippen LogP contribution in [0.4, 0.5) is 14.6 Å². The third kappa shape index (κ3) is 2.38. The highest BCUT2D eigenvalue weighted by atomic mass is 19.3. The molecule has 0 aromatic carbocycles. The molecule has 1 unspecified atom stereocenters. The van der Waals surface area contributed by atoms with Crippen molar-refractivity contribution >= 4 is 5.82 Å². The van der Waals surface area contributed by atoms with Crippen molar-refractivity contribution in [3.05, 3.63) is 36.5 Å². The molecule has 0 amide bonds. The van der Waals surface area contributed by atoms with Crippen molar-refractivity contribution in [2.45, 2.75) is 25.7 Å². The maximum absolute atomic E-state index is 13.7.